The molecule has 108 valence electrons. The fraction of sp³-hybridized carbons (Fsp3) is 0.667. The lowest BCUT2D eigenvalue weighted by Gasteiger charge is -2.22. The number of aromatic nitrogens is 2. The summed E-state index contributed by atoms with van der Waals surface area (Å²) in [6.45, 7) is -1.51. The van der Waals surface area contributed by atoms with Crippen molar-refractivity contribution in [2.24, 2.45) is 7.05 Å². The Morgan fingerprint density at radius 3 is 2.47 bits per heavy atom. The molecule has 6 nitrogen and oxygen atoms in total. The van der Waals surface area contributed by atoms with E-state index in [0.717, 1.165) is 10.9 Å². The van der Waals surface area contributed by atoms with Crippen LogP contribution in [0.25, 0.3) is 0 Å². The van der Waals surface area contributed by atoms with Gasteiger partial charge in [-0.1, -0.05) is 0 Å². The van der Waals surface area contributed by atoms with Gasteiger partial charge in [-0.2, -0.15) is 22.6 Å². The van der Waals surface area contributed by atoms with Crippen LogP contribution in [0, 0.1) is 0 Å². The molecule has 1 saturated carbocycles. The number of nitrogens with zero attached hydrogens (tertiary/aromatic N) is 3. The average molecular weight is 298 g/mol. The molecule has 19 heavy (non-hydrogen) atoms. The molecule has 1 fully saturated rings. The summed E-state index contributed by atoms with van der Waals surface area (Å²) >= 11 is 0. The van der Waals surface area contributed by atoms with Gasteiger partial charge in [-0.25, -0.2) is 8.42 Å². The number of hydrogen-bond donors (Lipinski definition) is 1. The van der Waals surface area contributed by atoms with Crippen LogP contribution in [0.15, 0.2) is 11.1 Å². The highest BCUT2D eigenvalue weighted by atomic mass is 32.2. The van der Waals surface area contributed by atoms with Gasteiger partial charge in [0.05, 0.1) is 0 Å². The highest BCUT2D eigenvalue weighted by Crippen LogP contribution is 2.35. The van der Waals surface area contributed by atoms with Gasteiger partial charge in [-0.05, 0) is 12.8 Å². The van der Waals surface area contributed by atoms with Crippen LogP contribution < -0.4 is 5.73 Å². The molecule has 0 saturated heterocycles. The van der Waals surface area contributed by atoms with Gasteiger partial charge in [-0.3, -0.25) is 4.68 Å². The molecule has 0 spiro atoms. The molecule has 0 aliphatic heterocycles. The second-order valence-electron chi connectivity index (χ2n) is 4.45. The maximum absolute atomic E-state index is 12.5. The van der Waals surface area contributed by atoms with E-state index < -0.39 is 28.8 Å². The molecule has 1 heterocycles. The third-order valence-electron chi connectivity index (χ3n) is 2.70. The SMILES string of the molecule is Cn1cc(S(=O)(=O)N(CC(F)(F)F)C2CC2)c(N)n1. The number of nitrogens with two attached hydrogens (primary N) is 1. The summed E-state index contributed by atoms with van der Waals surface area (Å²) in [7, 11) is -2.83. The summed E-state index contributed by atoms with van der Waals surface area (Å²) in [6.07, 6.45) is -2.63. The molecule has 0 amide bonds. The lowest BCUT2D eigenvalue weighted by molar-refractivity contribution is -0.137. The van der Waals surface area contributed by atoms with E-state index in [4.69, 9.17) is 5.73 Å². The Labute approximate surface area is 108 Å². The van der Waals surface area contributed by atoms with Crippen molar-refractivity contribution in [1.82, 2.24) is 14.1 Å². The number of anilines is 1. The zero-order chi connectivity index (χ0) is 14.4. The zero-order valence-electron chi connectivity index (χ0n) is 10.1. The van der Waals surface area contributed by atoms with Gasteiger partial charge < -0.3 is 5.73 Å². The largest absolute Gasteiger partial charge is 0.402 e. The number of sulfonamides is 1. The maximum Gasteiger partial charge on any atom is 0.402 e. The molecule has 0 bridgehead atoms. The average Bonchev–Trinajstić information content (AvgIpc) is 2.99. The van der Waals surface area contributed by atoms with Gasteiger partial charge in [0.1, 0.15) is 11.4 Å². The standard InChI is InChI=1S/C9H13F3N4O2S/c1-15-4-7(8(13)14-15)19(17,18)16(6-2-3-6)5-9(10,11)12/h4,6H,2-3,5H2,1H3,(H2,13,14). The van der Waals surface area contributed by atoms with Gasteiger partial charge in [0.15, 0.2) is 5.82 Å². The molecule has 10 heteroatoms. The predicted molar refractivity (Wildman–Crippen MR) is 60.6 cm³/mol. The minimum absolute atomic E-state index is 0.296. The first-order valence-corrected chi connectivity index (χ1v) is 6.93. The van der Waals surface area contributed by atoms with Crippen molar-refractivity contribution in [1.29, 1.82) is 0 Å². The molecule has 0 radical (unpaired) electrons. The van der Waals surface area contributed by atoms with Gasteiger partial charge in [0.2, 0.25) is 10.0 Å². The Balaban J connectivity index is 2.37. The van der Waals surface area contributed by atoms with Crippen molar-refractivity contribution in [3.05, 3.63) is 6.20 Å². The van der Waals surface area contributed by atoms with Crippen LogP contribution in [0.5, 0.6) is 0 Å². The van der Waals surface area contributed by atoms with Crippen molar-refractivity contribution in [3.63, 3.8) is 0 Å². The van der Waals surface area contributed by atoms with Gasteiger partial charge >= 0.3 is 6.18 Å². The maximum atomic E-state index is 12.5. The second-order valence-corrected chi connectivity index (χ2v) is 6.31. The number of aryl methyl sites for hydroxylation is 1. The third kappa shape index (κ3) is 3.00. The number of rotatable bonds is 4. The molecule has 0 unspecified atom stereocenters. The minimum Gasteiger partial charge on any atom is -0.381 e. The highest BCUT2D eigenvalue weighted by molar-refractivity contribution is 7.89. The van der Waals surface area contributed by atoms with Crippen LogP contribution in [0.3, 0.4) is 0 Å². The summed E-state index contributed by atoms with van der Waals surface area (Å²) in [6, 6.07) is -0.605. The van der Waals surface area contributed by atoms with Crippen LogP contribution in [-0.4, -0.2) is 41.3 Å². The number of hydrogen-bond acceptors (Lipinski definition) is 4. The van der Waals surface area contributed by atoms with Crippen LogP contribution in [0.2, 0.25) is 0 Å². The molecule has 0 atom stereocenters. The van der Waals surface area contributed by atoms with Crippen molar-refractivity contribution in [3.8, 4) is 0 Å². The molecular weight excluding hydrogens is 285 g/mol. The van der Waals surface area contributed by atoms with E-state index in [1.807, 2.05) is 0 Å². The van der Waals surface area contributed by atoms with E-state index in [0.29, 0.717) is 17.1 Å². The number of nitrogen functional groups attached to an aromatic ring is 1. The highest BCUT2D eigenvalue weighted by Gasteiger charge is 2.45. The zero-order valence-corrected chi connectivity index (χ0v) is 10.9. The van der Waals surface area contributed by atoms with E-state index in [-0.39, 0.29) is 10.7 Å². The van der Waals surface area contributed by atoms with Crippen molar-refractivity contribution >= 4 is 15.8 Å². The van der Waals surface area contributed by atoms with Crippen LogP contribution >= 0.6 is 0 Å². The molecule has 2 N–H and O–H groups in total. The fourth-order valence-electron chi connectivity index (χ4n) is 1.76. The van der Waals surface area contributed by atoms with E-state index in [2.05, 4.69) is 5.10 Å². The molecule has 0 aromatic carbocycles. The summed E-state index contributed by atoms with van der Waals surface area (Å²) < 4.78 is 63.5. The molecular formula is C9H13F3N4O2S. The first-order chi connectivity index (χ1) is 8.61. The van der Waals surface area contributed by atoms with Gasteiger partial charge in [0, 0.05) is 19.3 Å². The Kier molecular flexibility index (Phi) is 3.25. The van der Waals surface area contributed by atoms with Crippen LogP contribution in [0.1, 0.15) is 12.8 Å². The Morgan fingerprint density at radius 1 is 1.53 bits per heavy atom. The molecule has 2 rings (SSSR count). The third-order valence-corrected chi connectivity index (χ3v) is 4.61. The smallest absolute Gasteiger partial charge is 0.381 e. The van der Waals surface area contributed by atoms with Crippen LogP contribution in [-0.2, 0) is 17.1 Å². The van der Waals surface area contributed by atoms with Gasteiger partial charge in [-0.15, -0.1) is 0 Å². The summed E-state index contributed by atoms with van der Waals surface area (Å²) in [5.41, 5.74) is 5.43. The van der Waals surface area contributed by atoms with Crippen LogP contribution in [0.4, 0.5) is 19.0 Å². The predicted octanol–water partition coefficient (Wildman–Crippen LogP) is 0.718. The van der Waals surface area contributed by atoms with Gasteiger partial charge in [0.25, 0.3) is 0 Å². The Hall–Kier alpha value is -1.29. The van der Waals surface area contributed by atoms with E-state index >= 15 is 0 Å². The van der Waals surface area contributed by atoms with Crippen molar-refractivity contribution < 1.29 is 21.6 Å². The first-order valence-electron chi connectivity index (χ1n) is 5.49. The normalized spacial score (nSPS) is 17.1. The minimum atomic E-state index is -4.59. The number of alkyl halides is 3. The summed E-state index contributed by atoms with van der Waals surface area (Å²) in [5, 5.41) is 3.64. The second kappa shape index (κ2) is 4.37. The number of halogens is 3. The molecule has 1 aromatic rings. The molecule has 1 aromatic heterocycles. The molecule has 1 aliphatic rings. The Bertz CT molecular complexity index is 577. The Morgan fingerprint density at radius 2 is 2.11 bits per heavy atom. The lowest BCUT2D eigenvalue weighted by atomic mass is 10.6. The first kappa shape index (κ1) is 14.1. The lowest BCUT2D eigenvalue weighted by Crippen LogP contribution is -2.40. The van der Waals surface area contributed by atoms with Crippen molar-refractivity contribution in [2.45, 2.75) is 30.0 Å². The fourth-order valence-corrected chi connectivity index (χ4v) is 3.52. The summed E-state index contributed by atoms with van der Waals surface area (Å²) in [4.78, 5) is -0.383. The van der Waals surface area contributed by atoms with E-state index in [1.54, 1.807) is 0 Å². The molecule has 1 aliphatic carbocycles. The summed E-state index contributed by atoms with van der Waals surface area (Å²) in [5.74, 6) is -0.296. The quantitative estimate of drug-likeness (QED) is 0.888. The van der Waals surface area contributed by atoms with E-state index in [9.17, 15) is 21.6 Å². The van der Waals surface area contributed by atoms with E-state index in [1.165, 1.54) is 7.05 Å². The topological polar surface area (TPSA) is 81.2 Å². The van der Waals surface area contributed by atoms with Crippen molar-refractivity contribution in [2.75, 3.05) is 12.3 Å². The monoisotopic (exact) mass is 298 g/mol.